The highest BCUT2D eigenvalue weighted by Crippen LogP contribution is 2.00. The minimum absolute atomic E-state index is 0.00569. The van der Waals surface area contributed by atoms with E-state index in [1.165, 1.54) is 0 Å². The van der Waals surface area contributed by atoms with Crippen molar-refractivity contribution in [1.82, 2.24) is 15.0 Å². The molecule has 0 atom stereocenters. The molecular formula is C4H7N5O2S2. The Bertz CT molecular complexity index is 464. The van der Waals surface area contributed by atoms with Gasteiger partial charge in [-0.15, -0.1) is 0 Å². The van der Waals surface area contributed by atoms with Crippen molar-refractivity contribution in [3.63, 3.8) is 0 Å². The molecule has 1 aromatic rings. The van der Waals surface area contributed by atoms with Crippen LogP contribution in [-0.2, 0) is 10.0 Å². The SMILES string of the molecule is CS(=O)(=O)Nc1nc(=S)nc(N)[nH]1. The number of anilines is 2. The van der Waals surface area contributed by atoms with Gasteiger partial charge in [-0.2, -0.15) is 9.97 Å². The molecule has 0 saturated carbocycles. The molecule has 72 valence electrons. The number of rotatable bonds is 2. The Kier molecular flexibility index (Phi) is 2.48. The fourth-order valence-corrected chi connectivity index (χ4v) is 1.26. The molecular weight excluding hydrogens is 214 g/mol. The molecule has 0 saturated heterocycles. The molecule has 1 aromatic heterocycles. The molecule has 0 aromatic carbocycles. The van der Waals surface area contributed by atoms with Crippen LogP contribution in [0.3, 0.4) is 0 Å². The average molecular weight is 221 g/mol. The van der Waals surface area contributed by atoms with E-state index < -0.39 is 10.0 Å². The lowest BCUT2D eigenvalue weighted by Crippen LogP contribution is -2.13. The standard InChI is InChI=1S/C4H7N5O2S2/c1-13(10,11)9-3-6-2(5)7-4(12)8-3/h1H3,(H4,5,6,7,8,9,12). The number of H-pyrrole nitrogens is 1. The third kappa shape index (κ3) is 3.34. The Labute approximate surface area is 79.5 Å². The molecule has 0 aliphatic rings. The van der Waals surface area contributed by atoms with Crippen LogP contribution in [0.1, 0.15) is 0 Å². The van der Waals surface area contributed by atoms with Crippen LogP contribution < -0.4 is 10.5 Å². The van der Waals surface area contributed by atoms with E-state index in [0.29, 0.717) is 0 Å². The summed E-state index contributed by atoms with van der Waals surface area (Å²) in [6, 6.07) is 0. The molecule has 0 radical (unpaired) electrons. The van der Waals surface area contributed by atoms with E-state index in [1.54, 1.807) is 0 Å². The number of nitrogens with one attached hydrogen (secondary N) is 2. The zero-order valence-corrected chi connectivity index (χ0v) is 8.24. The van der Waals surface area contributed by atoms with E-state index >= 15 is 0 Å². The van der Waals surface area contributed by atoms with Crippen molar-refractivity contribution in [2.24, 2.45) is 0 Å². The van der Waals surface area contributed by atoms with Gasteiger partial charge in [0, 0.05) is 0 Å². The maximum Gasteiger partial charge on any atom is 0.232 e. The van der Waals surface area contributed by atoms with Gasteiger partial charge in [0.1, 0.15) is 0 Å². The Hall–Kier alpha value is -1.22. The van der Waals surface area contributed by atoms with Crippen LogP contribution in [0.2, 0.25) is 0 Å². The number of aromatic amines is 1. The molecule has 1 heterocycles. The topological polar surface area (TPSA) is 114 Å². The summed E-state index contributed by atoms with van der Waals surface area (Å²) in [5.41, 5.74) is 5.27. The van der Waals surface area contributed by atoms with Crippen LogP contribution in [0.4, 0.5) is 11.9 Å². The summed E-state index contributed by atoms with van der Waals surface area (Å²) in [4.78, 5) is 9.56. The second-order valence-electron chi connectivity index (χ2n) is 2.24. The fraction of sp³-hybridized carbons (Fsp3) is 0.250. The highest BCUT2D eigenvalue weighted by Gasteiger charge is 2.03. The van der Waals surface area contributed by atoms with E-state index in [1.807, 2.05) is 0 Å². The molecule has 9 heteroatoms. The molecule has 7 nitrogen and oxygen atoms in total. The van der Waals surface area contributed by atoms with Crippen molar-refractivity contribution in [2.75, 3.05) is 16.7 Å². The van der Waals surface area contributed by atoms with Gasteiger partial charge in [0.15, 0.2) is 0 Å². The van der Waals surface area contributed by atoms with Crippen molar-refractivity contribution >= 4 is 34.1 Å². The Morgan fingerprint density at radius 1 is 1.54 bits per heavy atom. The lowest BCUT2D eigenvalue weighted by atomic mass is 10.9. The second kappa shape index (κ2) is 3.26. The minimum Gasteiger partial charge on any atom is -0.369 e. The summed E-state index contributed by atoms with van der Waals surface area (Å²) in [6.45, 7) is 0. The van der Waals surface area contributed by atoms with Gasteiger partial charge in [0.2, 0.25) is 26.7 Å². The number of hydrogen-bond acceptors (Lipinski definition) is 6. The van der Waals surface area contributed by atoms with E-state index in [0.717, 1.165) is 6.26 Å². The van der Waals surface area contributed by atoms with Gasteiger partial charge in [0.25, 0.3) is 0 Å². The minimum atomic E-state index is -3.38. The van der Waals surface area contributed by atoms with Crippen LogP contribution in [-0.4, -0.2) is 29.6 Å². The number of nitrogens with zero attached hydrogens (tertiary/aromatic N) is 2. The van der Waals surface area contributed by atoms with Gasteiger partial charge in [-0.3, -0.25) is 9.71 Å². The van der Waals surface area contributed by atoms with Crippen LogP contribution >= 0.6 is 12.2 Å². The Morgan fingerprint density at radius 3 is 2.62 bits per heavy atom. The Balaban J connectivity index is 3.10. The summed E-state index contributed by atoms with van der Waals surface area (Å²) >= 11 is 4.62. The molecule has 13 heavy (non-hydrogen) atoms. The highest BCUT2D eigenvalue weighted by molar-refractivity contribution is 7.92. The van der Waals surface area contributed by atoms with Crippen LogP contribution in [0.5, 0.6) is 0 Å². The number of nitrogens with two attached hydrogens (primary N) is 1. The molecule has 0 fully saturated rings. The summed E-state index contributed by atoms with van der Waals surface area (Å²) < 4.78 is 23.6. The van der Waals surface area contributed by atoms with E-state index in [4.69, 9.17) is 5.73 Å². The van der Waals surface area contributed by atoms with Crippen molar-refractivity contribution in [1.29, 1.82) is 0 Å². The predicted octanol–water partition coefficient (Wildman–Crippen LogP) is -0.512. The monoisotopic (exact) mass is 221 g/mol. The second-order valence-corrected chi connectivity index (χ2v) is 4.35. The third-order valence-corrected chi connectivity index (χ3v) is 1.70. The summed E-state index contributed by atoms with van der Waals surface area (Å²) in [6.07, 6.45) is 0.988. The number of nitrogen functional groups attached to an aromatic ring is 1. The lowest BCUT2D eigenvalue weighted by Gasteiger charge is -2.02. The van der Waals surface area contributed by atoms with Crippen molar-refractivity contribution < 1.29 is 8.42 Å². The van der Waals surface area contributed by atoms with Gasteiger partial charge in [-0.1, -0.05) is 0 Å². The number of hydrogen-bond donors (Lipinski definition) is 3. The molecule has 1 rings (SSSR count). The van der Waals surface area contributed by atoms with Crippen molar-refractivity contribution in [3.05, 3.63) is 4.77 Å². The largest absolute Gasteiger partial charge is 0.369 e. The average Bonchev–Trinajstić information content (AvgIpc) is 1.78. The van der Waals surface area contributed by atoms with Gasteiger partial charge in [0.05, 0.1) is 6.26 Å². The zero-order valence-electron chi connectivity index (χ0n) is 6.60. The molecule has 0 bridgehead atoms. The Morgan fingerprint density at radius 2 is 2.15 bits per heavy atom. The van der Waals surface area contributed by atoms with Crippen LogP contribution in [0.25, 0.3) is 0 Å². The smallest absolute Gasteiger partial charge is 0.232 e. The quantitative estimate of drug-likeness (QED) is 0.579. The van der Waals surface area contributed by atoms with Gasteiger partial charge < -0.3 is 5.73 Å². The van der Waals surface area contributed by atoms with Gasteiger partial charge in [-0.25, -0.2) is 8.42 Å². The maximum atomic E-state index is 10.8. The van der Waals surface area contributed by atoms with Crippen molar-refractivity contribution in [2.45, 2.75) is 0 Å². The first kappa shape index (κ1) is 9.86. The molecule has 0 amide bonds. The number of aromatic nitrogens is 3. The normalized spacial score (nSPS) is 11.2. The summed E-state index contributed by atoms with van der Waals surface area (Å²) in [5, 5.41) is 0. The molecule has 4 N–H and O–H groups in total. The van der Waals surface area contributed by atoms with Gasteiger partial charge >= 0.3 is 0 Å². The van der Waals surface area contributed by atoms with Crippen molar-refractivity contribution in [3.8, 4) is 0 Å². The first-order valence-corrected chi connectivity index (χ1v) is 5.38. The van der Waals surface area contributed by atoms with Crippen LogP contribution in [0.15, 0.2) is 0 Å². The van der Waals surface area contributed by atoms with E-state index in [9.17, 15) is 8.42 Å². The van der Waals surface area contributed by atoms with E-state index in [2.05, 4.69) is 31.9 Å². The first-order valence-electron chi connectivity index (χ1n) is 3.08. The fourth-order valence-electron chi connectivity index (χ4n) is 0.625. The first-order chi connectivity index (χ1) is 5.87. The van der Waals surface area contributed by atoms with Gasteiger partial charge in [-0.05, 0) is 12.2 Å². The molecule has 0 unspecified atom stereocenters. The number of sulfonamides is 1. The predicted molar refractivity (Wildman–Crippen MR) is 50.1 cm³/mol. The summed E-state index contributed by atoms with van der Waals surface area (Å²) in [5.74, 6) is -0.0360. The third-order valence-electron chi connectivity index (χ3n) is 0.952. The molecule has 0 spiro atoms. The maximum absolute atomic E-state index is 10.8. The highest BCUT2D eigenvalue weighted by atomic mass is 32.2. The molecule has 0 aliphatic carbocycles. The lowest BCUT2D eigenvalue weighted by molar-refractivity contribution is 0.606. The molecule has 0 aliphatic heterocycles. The zero-order chi connectivity index (χ0) is 10.1. The van der Waals surface area contributed by atoms with Crippen LogP contribution in [0, 0.1) is 4.77 Å². The summed E-state index contributed by atoms with van der Waals surface area (Å²) in [7, 11) is -3.38. The van der Waals surface area contributed by atoms with E-state index in [-0.39, 0.29) is 16.7 Å².